The van der Waals surface area contributed by atoms with Gasteiger partial charge in [0.2, 0.25) is 0 Å². The Morgan fingerprint density at radius 3 is 2.61 bits per heavy atom. The molecule has 2 aromatic rings. The zero-order chi connectivity index (χ0) is 21.2. The van der Waals surface area contributed by atoms with Crippen LogP contribution in [0.3, 0.4) is 0 Å². The van der Waals surface area contributed by atoms with E-state index in [1.165, 1.54) is 0 Å². The maximum atomic E-state index is 5.72. The monoisotopic (exact) mass is 538 g/mol. The molecule has 31 heavy (non-hydrogen) atoms. The first kappa shape index (κ1) is 25.2. The number of rotatable bonds is 8. The Hall–Kier alpha value is -2.07. The molecule has 0 bridgehead atoms. The fourth-order valence-electron chi connectivity index (χ4n) is 3.40. The smallest absolute Gasteiger partial charge is 0.191 e. The zero-order valence-corrected chi connectivity index (χ0v) is 21.1. The molecule has 3 rings (SSSR count). The van der Waals surface area contributed by atoms with E-state index in [2.05, 4.69) is 51.5 Å². The van der Waals surface area contributed by atoms with Crippen LogP contribution < -0.4 is 20.3 Å². The highest BCUT2D eigenvalue weighted by Crippen LogP contribution is 2.18. The molecule has 1 saturated heterocycles. The Morgan fingerprint density at radius 2 is 1.87 bits per heavy atom. The number of guanidine groups is 1. The van der Waals surface area contributed by atoms with E-state index >= 15 is 0 Å². The van der Waals surface area contributed by atoms with Crippen LogP contribution in [0.1, 0.15) is 25.0 Å². The predicted octanol–water partition coefficient (Wildman–Crippen LogP) is 3.11. The van der Waals surface area contributed by atoms with Gasteiger partial charge in [-0.05, 0) is 44.7 Å². The van der Waals surface area contributed by atoms with Crippen LogP contribution in [0.5, 0.6) is 5.75 Å². The van der Waals surface area contributed by atoms with Crippen molar-refractivity contribution in [3.8, 4) is 5.75 Å². The summed E-state index contributed by atoms with van der Waals surface area (Å²) in [4.78, 5) is 14.0. The van der Waals surface area contributed by atoms with Crippen molar-refractivity contribution in [3.63, 3.8) is 0 Å². The first-order valence-electron chi connectivity index (χ1n) is 10.8. The maximum Gasteiger partial charge on any atom is 0.191 e. The van der Waals surface area contributed by atoms with Crippen molar-refractivity contribution in [1.29, 1.82) is 0 Å². The van der Waals surface area contributed by atoms with Gasteiger partial charge in [0.1, 0.15) is 11.6 Å². The lowest BCUT2D eigenvalue weighted by Gasteiger charge is -2.33. The van der Waals surface area contributed by atoms with Crippen LogP contribution in [0.2, 0.25) is 0 Å². The van der Waals surface area contributed by atoms with Gasteiger partial charge in [-0.3, -0.25) is 0 Å². The van der Waals surface area contributed by atoms with Gasteiger partial charge in [-0.1, -0.05) is 18.2 Å². The second kappa shape index (κ2) is 13.4. The molecule has 8 heteroatoms. The second-order valence-corrected chi connectivity index (χ2v) is 7.40. The quantitative estimate of drug-likeness (QED) is 0.306. The summed E-state index contributed by atoms with van der Waals surface area (Å²) in [5.74, 6) is 2.75. The topological polar surface area (TPSA) is 65.0 Å². The molecular weight excluding hydrogens is 503 g/mol. The Balaban J connectivity index is 0.00000341. The van der Waals surface area contributed by atoms with Crippen molar-refractivity contribution < 1.29 is 4.74 Å². The van der Waals surface area contributed by atoms with Gasteiger partial charge in [0.15, 0.2) is 5.96 Å². The number of piperazine rings is 1. The molecule has 1 aromatic heterocycles. The minimum Gasteiger partial charge on any atom is -0.494 e. The summed E-state index contributed by atoms with van der Waals surface area (Å²) in [5, 5.41) is 6.74. The average Bonchev–Trinajstić information content (AvgIpc) is 2.77. The number of aromatic nitrogens is 1. The van der Waals surface area contributed by atoms with E-state index < -0.39 is 0 Å². The number of nitrogens with one attached hydrogen (secondary N) is 2. The van der Waals surface area contributed by atoms with Crippen molar-refractivity contribution in [2.45, 2.75) is 26.9 Å². The van der Waals surface area contributed by atoms with Crippen LogP contribution in [-0.4, -0.2) is 62.2 Å². The fourth-order valence-corrected chi connectivity index (χ4v) is 3.40. The lowest BCUT2D eigenvalue weighted by Crippen LogP contribution is -2.44. The van der Waals surface area contributed by atoms with E-state index in [4.69, 9.17) is 9.73 Å². The highest BCUT2D eigenvalue weighted by atomic mass is 127. The number of anilines is 1. The largest absolute Gasteiger partial charge is 0.494 e. The third-order valence-corrected chi connectivity index (χ3v) is 5.12. The average molecular weight is 538 g/mol. The molecule has 1 fully saturated rings. The fraction of sp³-hybridized carbons (Fsp3) is 0.478. The van der Waals surface area contributed by atoms with Gasteiger partial charge in [0.25, 0.3) is 0 Å². The first-order chi connectivity index (χ1) is 14.7. The first-order valence-corrected chi connectivity index (χ1v) is 10.8. The van der Waals surface area contributed by atoms with Gasteiger partial charge >= 0.3 is 0 Å². The normalized spacial score (nSPS) is 14.7. The van der Waals surface area contributed by atoms with Crippen LogP contribution in [0.25, 0.3) is 0 Å². The van der Waals surface area contributed by atoms with Crippen molar-refractivity contribution in [2.75, 3.05) is 51.3 Å². The summed E-state index contributed by atoms with van der Waals surface area (Å²) in [6.45, 7) is 11.0. The molecule has 0 radical (unpaired) electrons. The van der Waals surface area contributed by atoms with E-state index in [9.17, 15) is 0 Å². The third kappa shape index (κ3) is 7.84. The molecule has 1 aromatic carbocycles. The number of hydrogen-bond acceptors (Lipinski definition) is 5. The van der Waals surface area contributed by atoms with Crippen molar-refractivity contribution in [3.05, 3.63) is 53.7 Å². The van der Waals surface area contributed by atoms with Gasteiger partial charge < -0.3 is 25.2 Å². The Bertz CT molecular complexity index is 823. The molecular formula is C23H35IN6O. The van der Waals surface area contributed by atoms with Crippen molar-refractivity contribution >= 4 is 35.8 Å². The second-order valence-electron chi connectivity index (χ2n) is 7.40. The van der Waals surface area contributed by atoms with Crippen molar-refractivity contribution in [1.82, 2.24) is 20.5 Å². The Labute approximate surface area is 203 Å². The third-order valence-electron chi connectivity index (χ3n) is 5.12. The van der Waals surface area contributed by atoms with Crippen molar-refractivity contribution in [2.24, 2.45) is 4.99 Å². The number of likely N-dealkylation sites (N-methyl/N-ethyl adjacent to an activating group) is 1. The highest BCUT2D eigenvalue weighted by molar-refractivity contribution is 14.0. The number of ether oxygens (including phenoxy) is 1. The van der Waals surface area contributed by atoms with Crippen LogP contribution in [0.15, 0.2) is 47.6 Å². The lowest BCUT2D eigenvalue weighted by molar-refractivity contribution is 0.312. The minimum absolute atomic E-state index is 0. The van der Waals surface area contributed by atoms with E-state index in [1.54, 1.807) is 0 Å². The molecule has 1 aliphatic rings. The standard InChI is InChI=1S/C23H34N6O.HI/c1-4-24-23(27-18-20-8-6-7-9-21(20)30-5-2)26-17-19-10-11-25-22(16-19)29-14-12-28(3)13-15-29;/h6-11,16H,4-5,12-15,17-18H2,1-3H3,(H2,24,26,27);1H. The van der Waals surface area contributed by atoms with E-state index in [0.717, 1.165) is 61.4 Å². The summed E-state index contributed by atoms with van der Waals surface area (Å²) in [7, 11) is 2.16. The summed E-state index contributed by atoms with van der Waals surface area (Å²) >= 11 is 0. The van der Waals surface area contributed by atoms with Gasteiger partial charge in [-0.15, -0.1) is 24.0 Å². The molecule has 0 unspecified atom stereocenters. The summed E-state index contributed by atoms with van der Waals surface area (Å²) in [5.41, 5.74) is 2.28. The van der Waals surface area contributed by atoms with Gasteiger partial charge in [0, 0.05) is 51.0 Å². The van der Waals surface area contributed by atoms with E-state index in [0.29, 0.717) is 19.7 Å². The Morgan fingerprint density at radius 1 is 1.10 bits per heavy atom. The summed E-state index contributed by atoms with van der Waals surface area (Å²) < 4.78 is 5.72. The van der Waals surface area contributed by atoms with Crippen LogP contribution in [-0.2, 0) is 13.1 Å². The number of benzene rings is 1. The van der Waals surface area contributed by atoms with Gasteiger partial charge in [0.05, 0.1) is 13.2 Å². The van der Waals surface area contributed by atoms with Gasteiger partial charge in [-0.25, -0.2) is 9.98 Å². The molecule has 0 atom stereocenters. The number of hydrogen-bond donors (Lipinski definition) is 2. The lowest BCUT2D eigenvalue weighted by atomic mass is 10.2. The molecule has 170 valence electrons. The number of para-hydroxylation sites is 1. The van der Waals surface area contributed by atoms with E-state index in [1.807, 2.05) is 37.4 Å². The summed E-state index contributed by atoms with van der Waals surface area (Å²) in [6.07, 6.45) is 1.89. The number of pyridine rings is 1. The molecule has 2 N–H and O–H groups in total. The molecule has 1 aliphatic heterocycles. The van der Waals surface area contributed by atoms with Crippen LogP contribution in [0, 0.1) is 0 Å². The number of aliphatic imine (C=N–C) groups is 1. The zero-order valence-electron chi connectivity index (χ0n) is 18.8. The maximum absolute atomic E-state index is 5.72. The predicted molar refractivity (Wildman–Crippen MR) is 139 cm³/mol. The van der Waals surface area contributed by atoms with Crippen LogP contribution >= 0.6 is 24.0 Å². The molecule has 0 amide bonds. The number of nitrogens with zero attached hydrogens (tertiary/aromatic N) is 4. The Kier molecular flexibility index (Phi) is 10.9. The SMILES string of the molecule is CCNC(=NCc1ccnc(N2CCN(C)CC2)c1)NCc1ccccc1OCC.I. The molecule has 0 aliphatic carbocycles. The molecule has 0 spiro atoms. The highest BCUT2D eigenvalue weighted by Gasteiger charge is 2.15. The molecule has 2 heterocycles. The van der Waals surface area contributed by atoms with E-state index in [-0.39, 0.29) is 24.0 Å². The van der Waals surface area contributed by atoms with Gasteiger partial charge in [-0.2, -0.15) is 0 Å². The molecule has 7 nitrogen and oxygen atoms in total. The molecule has 0 saturated carbocycles. The number of halogens is 1. The summed E-state index contributed by atoms with van der Waals surface area (Å²) in [6, 6.07) is 12.3. The van der Waals surface area contributed by atoms with Crippen LogP contribution in [0.4, 0.5) is 5.82 Å². The minimum atomic E-state index is 0.